The van der Waals surface area contributed by atoms with Gasteiger partial charge in [0.2, 0.25) is 5.95 Å². The van der Waals surface area contributed by atoms with Crippen molar-refractivity contribution in [1.29, 1.82) is 0 Å². The maximum Gasteiger partial charge on any atom is 0.256 e. The maximum absolute atomic E-state index is 13.1. The number of carbonyl (C=O) groups excluding carboxylic acids is 1. The molecular formula is C34H40N8O3. The zero-order valence-corrected chi connectivity index (χ0v) is 26.3. The van der Waals surface area contributed by atoms with Crippen LogP contribution in [0.15, 0.2) is 61.1 Å². The second-order valence-electron chi connectivity index (χ2n) is 11.1. The van der Waals surface area contributed by atoms with Crippen molar-refractivity contribution >= 4 is 23.2 Å². The minimum atomic E-state index is -0.180. The van der Waals surface area contributed by atoms with E-state index in [1.165, 1.54) is 5.56 Å². The standard InChI is InChI=1S/C34H40N8O3/c1-25-6-10-29(32(43)37-30-12-8-26(9-13-30)23-41-17-15-40(2)16-18-41)20-28(25)11-7-27-21-35-34(36-22-27)38-31-24-42(14-5-19-44-3)39-33(31)45-4/h6,8-10,12-13,20-22,24H,5,14-19,23H2,1-4H3,(H,37,43)(H,35,36,38). The van der Waals surface area contributed by atoms with E-state index in [4.69, 9.17) is 9.47 Å². The minimum absolute atomic E-state index is 0.180. The van der Waals surface area contributed by atoms with Crippen molar-refractivity contribution in [2.75, 3.05) is 64.7 Å². The van der Waals surface area contributed by atoms with Crippen molar-refractivity contribution in [1.82, 2.24) is 29.5 Å². The quantitative estimate of drug-likeness (QED) is 0.192. The Bertz CT molecular complexity index is 1630. The Hall–Kier alpha value is -4.76. The monoisotopic (exact) mass is 608 g/mol. The molecule has 0 aliphatic carbocycles. The van der Waals surface area contributed by atoms with E-state index in [2.05, 4.69) is 66.5 Å². The number of amides is 1. The number of aryl methyl sites for hydroxylation is 2. The fourth-order valence-corrected chi connectivity index (χ4v) is 4.90. The highest BCUT2D eigenvalue weighted by atomic mass is 16.5. The third-order valence-corrected chi connectivity index (χ3v) is 7.61. The number of benzene rings is 2. The van der Waals surface area contributed by atoms with Gasteiger partial charge in [-0.15, -0.1) is 5.10 Å². The number of nitrogens with zero attached hydrogens (tertiary/aromatic N) is 6. The predicted molar refractivity (Wildman–Crippen MR) is 175 cm³/mol. The molecule has 3 heterocycles. The van der Waals surface area contributed by atoms with Gasteiger partial charge in [0.15, 0.2) is 0 Å². The number of ether oxygens (including phenoxy) is 2. The van der Waals surface area contributed by atoms with Gasteiger partial charge in [-0.25, -0.2) is 9.97 Å². The molecule has 11 heteroatoms. The SMILES string of the molecule is COCCCn1cc(Nc2ncc(C#Cc3cc(C(=O)Nc4ccc(CN5CCN(C)CC5)cc4)ccc3C)cn2)c(OC)n1. The van der Waals surface area contributed by atoms with Crippen LogP contribution in [-0.2, 0) is 17.8 Å². The van der Waals surface area contributed by atoms with Gasteiger partial charge in [0.05, 0.1) is 18.9 Å². The van der Waals surface area contributed by atoms with Crippen molar-refractivity contribution in [3.63, 3.8) is 0 Å². The van der Waals surface area contributed by atoms with Crippen molar-refractivity contribution in [2.24, 2.45) is 0 Å². The summed E-state index contributed by atoms with van der Waals surface area (Å²) in [5.74, 6) is 6.96. The first-order valence-corrected chi connectivity index (χ1v) is 15.0. The van der Waals surface area contributed by atoms with Gasteiger partial charge in [-0.2, -0.15) is 0 Å². The number of piperazine rings is 1. The predicted octanol–water partition coefficient (Wildman–Crippen LogP) is 4.17. The molecule has 5 rings (SSSR count). The van der Waals surface area contributed by atoms with Crippen LogP contribution in [0.4, 0.5) is 17.3 Å². The summed E-state index contributed by atoms with van der Waals surface area (Å²) >= 11 is 0. The lowest BCUT2D eigenvalue weighted by atomic mass is 10.0. The molecule has 0 atom stereocenters. The first kappa shape index (κ1) is 31.7. The Kier molecular flexibility index (Phi) is 10.8. The third kappa shape index (κ3) is 8.89. The summed E-state index contributed by atoms with van der Waals surface area (Å²) < 4.78 is 12.3. The van der Waals surface area contributed by atoms with Crippen LogP contribution in [0, 0.1) is 18.8 Å². The molecule has 4 aromatic rings. The Balaban J connectivity index is 1.19. The fourth-order valence-electron chi connectivity index (χ4n) is 4.90. The molecule has 2 aromatic heterocycles. The summed E-state index contributed by atoms with van der Waals surface area (Å²) in [4.78, 5) is 26.7. The number of methoxy groups -OCH3 is 2. The molecule has 11 nitrogen and oxygen atoms in total. The molecule has 2 N–H and O–H groups in total. The van der Waals surface area contributed by atoms with Gasteiger partial charge < -0.3 is 25.0 Å². The van der Waals surface area contributed by atoms with E-state index in [0.29, 0.717) is 41.8 Å². The number of carbonyl (C=O) groups is 1. The number of nitrogens with one attached hydrogen (secondary N) is 2. The van der Waals surface area contributed by atoms with Crippen molar-refractivity contribution in [2.45, 2.75) is 26.4 Å². The van der Waals surface area contributed by atoms with Gasteiger partial charge in [0.1, 0.15) is 5.69 Å². The average Bonchev–Trinajstić information content (AvgIpc) is 3.44. The van der Waals surface area contributed by atoms with Crippen LogP contribution in [0.25, 0.3) is 0 Å². The van der Waals surface area contributed by atoms with Crippen LogP contribution in [-0.4, -0.2) is 89.5 Å². The van der Waals surface area contributed by atoms with E-state index in [-0.39, 0.29) is 5.91 Å². The van der Waals surface area contributed by atoms with Crippen LogP contribution >= 0.6 is 0 Å². The lowest BCUT2D eigenvalue weighted by Crippen LogP contribution is -2.43. The molecule has 0 saturated carbocycles. The largest absolute Gasteiger partial charge is 0.478 e. The maximum atomic E-state index is 13.1. The lowest BCUT2D eigenvalue weighted by molar-refractivity contribution is 0.102. The zero-order valence-electron chi connectivity index (χ0n) is 26.3. The highest BCUT2D eigenvalue weighted by Crippen LogP contribution is 2.24. The number of hydrogen-bond donors (Lipinski definition) is 2. The highest BCUT2D eigenvalue weighted by molar-refractivity contribution is 6.04. The minimum Gasteiger partial charge on any atom is -0.478 e. The zero-order chi connectivity index (χ0) is 31.6. The van der Waals surface area contributed by atoms with E-state index in [0.717, 1.165) is 56.0 Å². The molecule has 234 valence electrons. The molecule has 0 bridgehead atoms. The van der Waals surface area contributed by atoms with Crippen LogP contribution in [0.2, 0.25) is 0 Å². The van der Waals surface area contributed by atoms with Crippen LogP contribution in [0.5, 0.6) is 5.88 Å². The van der Waals surface area contributed by atoms with Gasteiger partial charge in [-0.05, 0) is 55.8 Å². The van der Waals surface area contributed by atoms with Gasteiger partial charge in [-0.3, -0.25) is 14.4 Å². The lowest BCUT2D eigenvalue weighted by Gasteiger charge is -2.32. The molecule has 1 aliphatic heterocycles. The molecule has 1 fully saturated rings. The Morgan fingerprint density at radius 2 is 1.76 bits per heavy atom. The molecule has 45 heavy (non-hydrogen) atoms. The highest BCUT2D eigenvalue weighted by Gasteiger charge is 2.14. The molecule has 0 radical (unpaired) electrons. The van der Waals surface area contributed by atoms with Crippen LogP contribution < -0.4 is 15.4 Å². The van der Waals surface area contributed by atoms with Crippen LogP contribution in [0.3, 0.4) is 0 Å². The first-order valence-electron chi connectivity index (χ1n) is 15.0. The Morgan fingerprint density at radius 3 is 2.47 bits per heavy atom. The Labute approximate surface area is 264 Å². The summed E-state index contributed by atoms with van der Waals surface area (Å²) in [6.07, 6.45) is 5.99. The summed E-state index contributed by atoms with van der Waals surface area (Å²) in [7, 11) is 5.41. The molecular weight excluding hydrogens is 568 g/mol. The topological polar surface area (TPSA) is 110 Å². The third-order valence-electron chi connectivity index (χ3n) is 7.61. The van der Waals surface area contributed by atoms with Gasteiger partial charge >= 0.3 is 0 Å². The van der Waals surface area contributed by atoms with Gasteiger partial charge in [0, 0.05) is 82.2 Å². The van der Waals surface area contributed by atoms with E-state index in [1.807, 2.05) is 43.5 Å². The summed E-state index contributed by atoms with van der Waals surface area (Å²) in [5, 5.41) is 10.6. The smallest absolute Gasteiger partial charge is 0.256 e. The number of aromatic nitrogens is 4. The molecule has 0 spiro atoms. The fraction of sp³-hybridized carbons (Fsp3) is 0.353. The van der Waals surface area contributed by atoms with E-state index in [1.54, 1.807) is 31.3 Å². The summed E-state index contributed by atoms with van der Waals surface area (Å²) in [6.45, 7) is 8.57. The molecule has 0 unspecified atom stereocenters. The number of rotatable bonds is 11. The first-order chi connectivity index (χ1) is 21.9. The number of hydrogen-bond acceptors (Lipinski definition) is 9. The summed E-state index contributed by atoms with van der Waals surface area (Å²) in [6, 6.07) is 13.6. The molecule has 2 aromatic carbocycles. The van der Waals surface area contributed by atoms with Gasteiger partial charge in [0.25, 0.3) is 11.8 Å². The molecule has 1 amide bonds. The van der Waals surface area contributed by atoms with Crippen LogP contribution in [0.1, 0.15) is 39.0 Å². The van der Waals surface area contributed by atoms with Crippen molar-refractivity contribution in [3.8, 4) is 17.7 Å². The van der Waals surface area contributed by atoms with E-state index >= 15 is 0 Å². The molecule has 1 aliphatic rings. The van der Waals surface area contributed by atoms with E-state index in [9.17, 15) is 4.79 Å². The summed E-state index contributed by atoms with van der Waals surface area (Å²) in [5.41, 5.74) is 5.59. The average molecular weight is 609 g/mol. The molecule has 1 saturated heterocycles. The second kappa shape index (κ2) is 15.3. The number of likely N-dealkylation sites (N-methyl/N-ethyl adjacent to an activating group) is 1. The van der Waals surface area contributed by atoms with Gasteiger partial charge in [-0.1, -0.05) is 30.0 Å². The second-order valence-corrected chi connectivity index (χ2v) is 11.1. The van der Waals surface area contributed by atoms with Crippen molar-refractivity contribution in [3.05, 3.63) is 88.9 Å². The van der Waals surface area contributed by atoms with Crippen molar-refractivity contribution < 1.29 is 14.3 Å². The normalized spacial score (nSPS) is 13.6. The number of anilines is 3. The Morgan fingerprint density at radius 1 is 1.00 bits per heavy atom. The van der Waals surface area contributed by atoms with E-state index < -0.39 is 0 Å².